The number of ketones is 1. The number of aromatic nitrogens is 2. The predicted molar refractivity (Wildman–Crippen MR) is 110 cm³/mol. The SMILES string of the molecule is COc1cccc(C(=O)COc2ccc(-c3cn4cc([N+](=O)[O-])ccc4n3)cc2)c1. The zero-order chi connectivity index (χ0) is 21.1. The minimum Gasteiger partial charge on any atom is -0.497 e. The Morgan fingerprint density at radius 3 is 2.60 bits per heavy atom. The lowest BCUT2D eigenvalue weighted by Gasteiger charge is -2.07. The normalized spacial score (nSPS) is 10.7. The average Bonchev–Trinajstić information content (AvgIpc) is 3.21. The Morgan fingerprint density at radius 1 is 1.07 bits per heavy atom. The Kier molecular flexibility index (Phi) is 5.13. The molecular weight excluding hydrogens is 386 g/mol. The average molecular weight is 403 g/mol. The number of carbonyl (C=O) groups excluding carboxylic acids is 1. The number of ether oxygens (including phenoxy) is 2. The van der Waals surface area contributed by atoms with Crippen molar-refractivity contribution in [3.05, 3.63) is 88.7 Å². The van der Waals surface area contributed by atoms with Gasteiger partial charge in [0.2, 0.25) is 0 Å². The second-order valence-corrected chi connectivity index (χ2v) is 6.50. The number of fused-ring (bicyclic) bond motifs is 1. The molecule has 0 aliphatic rings. The van der Waals surface area contributed by atoms with Gasteiger partial charge >= 0.3 is 0 Å². The number of imidazole rings is 1. The lowest BCUT2D eigenvalue weighted by molar-refractivity contribution is -0.385. The number of Topliss-reactive ketones (excluding diaryl/α,β-unsaturated/α-hetero) is 1. The largest absolute Gasteiger partial charge is 0.497 e. The third-order valence-electron chi connectivity index (χ3n) is 4.56. The summed E-state index contributed by atoms with van der Waals surface area (Å²) in [6, 6.07) is 17.1. The summed E-state index contributed by atoms with van der Waals surface area (Å²) in [5, 5.41) is 10.9. The Bertz CT molecular complexity index is 1230. The molecule has 0 saturated heterocycles. The summed E-state index contributed by atoms with van der Waals surface area (Å²) in [6.07, 6.45) is 3.15. The fraction of sp³-hybridized carbons (Fsp3) is 0.0909. The molecule has 0 radical (unpaired) electrons. The van der Waals surface area contributed by atoms with Crippen LogP contribution in [-0.2, 0) is 0 Å². The summed E-state index contributed by atoms with van der Waals surface area (Å²) in [7, 11) is 1.55. The molecule has 2 heterocycles. The highest BCUT2D eigenvalue weighted by Gasteiger charge is 2.11. The summed E-state index contributed by atoms with van der Waals surface area (Å²) < 4.78 is 12.3. The fourth-order valence-corrected chi connectivity index (χ4v) is 2.98. The van der Waals surface area contributed by atoms with Crippen molar-refractivity contribution in [2.45, 2.75) is 0 Å². The Morgan fingerprint density at radius 2 is 1.87 bits per heavy atom. The zero-order valence-electron chi connectivity index (χ0n) is 16.0. The molecule has 0 bridgehead atoms. The van der Waals surface area contributed by atoms with E-state index in [-0.39, 0.29) is 18.1 Å². The van der Waals surface area contributed by atoms with Crippen molar-refractivity contribution in [1.29, 1.82) is 0 Å². The van der Waals surface area contributed by atoms with Crippen LogP contribution in [0.25, 0.3) is 16.9 Å². The minimum atomic E-state index is -0.446. The summed E-state index contributed by atoms with van der Waals surface area (Å²) in [4.78, 5) is 27.3. The number of methoxy groups -OCH3 is 1. The number of benzene rings is 2. The molecule has 4 rings (SSSR count). The first-order chi connectivity index (χ1) is 14.5. The molecule has 0 saturated carbocycles. The Balaban J connectivity index is 1.45. The van der Waals surface area contributed by atoms with E-state index in [1.807, 2.05) is 12.1 Å². The van der Waals surface area contributed by atoms with Crippen LogP contribution in [0.1, 0.15) is 10.4 Å². The number of hydrogen-bond donors (Lipinski definition) is 0. The molecule has 4 aromatic rings. The van der Waals surface area contributed by atoms with Gasteiger partial charge in [-0.25, -0.2) is 4.98 Å². The first-order valence-electron chi connectivity index (χ1n) is 9.07. The fourth-order valence-electron chi connectivity index (χ4n) is 2.98. The summed E-state index contributed by atoms with van der Waals surface area (Å²) in [5.74, 6) is 1.01. The first kappa shape index (κ1) is 19.1. The van der Waals surface area contributed by atoms with Gasteiger partial charge in [0.25, 0.3) is 5.69 Å². The molecule has 0 fully saturated rings. The van der Waals surface area contributed by atoms with Crippen LogP contribution < -0.4 is 9.47 Å². The van der Waals surface area contributed by atoms with Crippen LogP contribution >= 0.6 is 0 Å². The second kappa shape index (κ2) is 8.04. The van der Waals surface area contributed by atoms with E-state index in [0.717, 1.165) is 5.56 Å². The molecule has 0 aliphatic heterocycles. The third kappa shape index (κ3) is 3.97. The van der Waals surface area contributed by atoms with Crippen LogP contribution in [0, 0.1) is 10.1 Å². The van der Waals surface area contributed by atoms with E-state index >= 15 is 0 Å². The van der Waals surface area contributed by atoms with E-state index in [4.69, 9.17) is 9.47 Å². The Hall–Kier alpha value is -4.20. The number of rotatable bonds is 7. The second-order valence-electron chi connectivity index (χ2n) is 6.50. The molecular formula is C22H17N3O5. The summed E-state index contributed by atoms with van der Waals surface area (Å²) >= 11 is 0. The molecule has 0 spiro atoms. The van der Waals surface area contributed by atoms with E-state index in [9.17, 15) is 14.9 Å². The van der Waals surface area contributed by atoms with Crippen molar-refractivity contribution in [3.63, 3.8) is 0 Å². The molecule has 0 amide bonds. The maximum absolute atomic E-state index is 12.3. The van der Waals surface area contributed by atoms with Gasteiger partial charge in [-0.15, -0.1) is 0 Å². The van der Waals surface area contributed by atoms with Gasteiger partial charge in [0.15, 0.2) is 12.4 Å². The maximum atomic E-state index is 12.3. The topological polar surface area (TPSA) is 96.0 Å². The monoisotopic (exact) mass is 403 g/mol. The van der Waals surface area contributed by atoms with Gasteiger partial charge in [-0.1, -0.05) is 12.1 Å². The van der Waals surface area contributed by atoms with Crippen LogP contribution in [0.4, 0.5) is 5.69 Å². The lowest BCUT2D eigenvalue weighted by Crippen LogP contribution is -2.11. The van der Waals surface area contributed by atoms with E-state index in [2.05, 4.69) is 4.98 Å². The molecule has 30 heavy (non-hydrogen) atoms. The van der Waals surface area contributed by atoms with Gasteiger partial charge in [-0.2, -0.15) is 0 Å². The van der Waals surface area contributed by atoms with Gasteiger partial charge in [-0.05, 0) is 42.5 Å². The number of hydrogen-bond acceptors (Lipinski definition) is 6. The molecule has 0 unspecified atom stereocenters. The van der Waals surface area contributed by atoms with Crippen molar-refractivity contribution in [3.8, 4) is 22.8 Å². The number of nitro groups is 1. The van der Waals surface area contributed by atoms with Crippen molar-refractivity contribution in [2.75, 3.05) is 13.7 Å². The number of pyridine rings is 1. The molecule has 2 aromatic heterocycles. The van der Waals surface area contributed by atoms with Crippen molar-refractivity contribution >= 4 is 17.1 Å². The van der Waals surface area contributed by atoms with Gasteiger partial charge in [-0.3, -0.25) is 19.3 Å². The van der Waals surface area contributed by atoms with Crippen LogP contribution in [-0.4, -0.2) is 33.8 Å². The number of carbonyl (C=O) groups is 1. The highest BCUT2D eigenvalue weighted by atomic mass is 16.6. The van der Waals surface area contributed by atoms with Crippen LogP contribution in [0.2, 0.25) is 0 Å². The quantitative estimate of drug-likeness (QED) is 0.261. The van der Waals surface area contributed by atoms with Gasteiger partial charge in [0.1, 0.15) is 17.1 Å². The molecule has 2 aromatic carbocycles. The van der Waals surface area contributed by atoms with Crippen LogP contribution in [0.3, 0.4) is 0 Å². The zero-order valence-corrected chi connectivity index (χ0v) is 16.0. The van der Waals surface area contributed by atoms with Crippen LogP contribution in [0.15, 0.2) is 73.1 Å². The smallest absolute Gasteiger partial charge is 0.286 e. The molecule has 0 N–H and O–H groups in total. The molecule has 0 atom stereocenters. The van der Waals surface area contributed by atoms with Crippen LogP contribution in [0.5, 0.6) is 11.5 Å². The van der Waals surface area contributed by atoms with Gasteiger partial charge < -0.3 is 9.47 Å². The van der Waals surface area contributed by atoms with E-state index < -0.39 is 4.92 Å². The molecule has 8 heteroatoms. The van der Waals surface area contributed by atoms with E-state index in [1.54, 1.807) is 60.2 Å². The van der Waals surface area contributed by atoms with Crippen molar-refractivity contribution in [1.82, 2.24) is 9.38 Å². The Labute approximate surface area is 171 Å². The minimum absolute atomic E-state index is 0.00380. The highest BCUT2D eigenvalue weighted by Crippen LogP contribution is 2.24. The summed E-state index contributed by atoms with van der Waals surface area (Å²) in [5.41, 5.74) is 2.63. The first-order valence-corrected chi connectivity index (χ1v) is 9.07. The third-order valence-corrected chi connectivity index (χ3v) is 4.56. The van der Waals surface area contributed by atoms with E-state index in [1.165, 1.54) is 12.3 Å². The molecule has 8 nitrogen and oxygen atoms in total. The molecule has 0 aliphatic carbocycles. The molecule has 150 valence electrons. The van der Waals surface area contributed by atoms with Gasteiger partial charge in [0, 0.05) is 23.4 Å². The number of nitrogens with zero attached hydrogens (tertiary/aromatic N) is 3. The predicted octanol–water partition coefficient (Wildman–Crippen LogP) is 4.18. The summed E-state index contributed by atoms with van der Waals surface area (Å²) in [6.45, 7) is -0.0927. The maximum Gasteiger partial charge on any atom is 0.286 e. The standard InChI is InChI=1S/C22H17N3O5/c1-29-19-4-2-3-16(11-19)21(26)14-30-18-8-5-15(6-9-18)20-13-24-12-17(25(27)28)7-10-22(24)23-20/h2-13H,14H2,1H3. The van der Waals surface area contributed by atoms with Crippen molar-refractivity contribution in [2.24, 2.45) is 0 Å². The highest BCUT2D eigenvalue weighted by molar-refractivity contribution is 5.97. The van der Waals surface area contributed by atoms with Crippen molar-refractivity contribution < 1.29 is 19.2 Å². The lowest BCUT2D eigenvalue weighted by atomic mass is 10.1. The van der Waals surface area contributed by atoms with E-state index in [0.29, 0.717) is 28.4 Å². The van der Waals surface area contributed by atoms with Gasteiger partial charge in [0.05, 0.1) is 23.9 Å².